The van der Waals surface area contributed by atoms with Crippen molar-refractivity contribution in [2.24, 2.45) is 0 Å². The van der Waals surface area contributed by atoms with E-state index >= 15 is 0 Å². The highest BCUT2D eigenvalue weighted by Gasteiger charge is 2.75. The number of rotatable bonds is 10. The Labute approximate surface area is 447 Å². The van der Waals surface area contributed by atoms with Crippen LogP contribution in [-0.4, -0.2) is 57.2 Å². The van der Waals surface area contributed by atoms with E-state index < -0.39 is 103 Å². The minimum Gasteiger partial charge on any atom is -0.349 e. The summed E-state index contributed by atoms with van der Waals surface area (Å²) in [5.41, 5.74) is -19.2. The van der Waals surface area contributed by atoms with Gasteiger partial charge in [-0.05, 0) is 104 Å². The fourth-order valence-electron chi connectivity index (χ4n) is 7.61. The van der Waals surface area contributed by atoms with Gasteiger partial charge in [-0.3, -0.25) is 9.59 Å². The number of alkyl halides is 17. The second-order valence-corrected chi connectivity index (χ2v) is 19.4. The number of carbonyl (C=O) groups excluding carboxylic acids is 2. The fraction of sp³-hybridized carbons (Fsp3) is 0.271. The number of nitriles is 1. The molecule has 2 saturated carbocycles. The van der Waals surface area contributed by atoms with Crippen molar-refractivity contribution in [2.45, 2.75) is 79.5 Å². The molecule has 2 fully saturated rings. The van der Waals surface area contributed by atoms with Crippen molar-refractivity contribution in [1.82, 2.24) is 19.8 Å². The van der Waals surface area contributed by atoms with Gasteiger partial charge < -0.3 is 19.8 Å². The molecule has 0 saturated heterocycles. The molecule has 0 aliphatic heterocycles. The molecule has 6 aromatic rings. The van der Waals surface area contributed by atoms with Crippen molar-refractivity contribution in [3.63, 3.8) is 0 Å². The average molecular weight is 1210 g/mol. The number of nitrogens with one attached hydrogen (secondary N) is 2. The van der Waals surface area contributed by atoms with Crippen molar-refractivity contribution in [3.8, 4) is 39.7 Å². The summed E-state index contributed by atoms with van der Waals surface area (Å²) in [6.07, 6.45) is -23.8. The second-order valence-electron chi connectivity index (χ2n) is 17.3. The molecule has 2 aromatic heterocycles. The number of benzene rings is 4. The molecule has 2 aliphatic rings. The summed E-state index contributed by atoms with van der Waals surface area (Å²) < 4.78 is 231. The van der Waals surface area contributed by atoms with E-state index in [4.69, 9.17) is 58.0 Å². The van der Waals surface area contributed by atoms with Crippen LogP contribution >= 0.6 is 58.0 Å². The Kier molecular flexibility index (Phi) is 15.6. The lowest BCUT2D eigenvalue weighted by molar-refractivity contribution is -0.349. The van der Waals surface area contributed by atoms with E-state index in [-0.39, 0.29) is 62.4 Å². The molecule has 2 N–H and O–H groups in total. The smallest absolute Gasteiger partial charge is 0.349 e. The van der Waals surface area contributed by atoms with E-state index in [9.17, 15) is 89.5 Å². The zero-order valence-electron chi connectivity index (χ0n) is 37.6. The number of amides is 2. The first-order valence-corrected chi connectivity index (χ1v) is 23.3. The van der Waals surface area contributed by atoms with Crippen molar-refractivity contribution in [3.05, 3.63) is 151 Å². The first-order chi connectivity index (χ1) is 35.4. The lowest BCUT2D eigenvalue weighted by Gasteiger charge is -2.31. The number of nitrogens with zero attached hydrogens (tertiary/aromatic N) is 3. The van der Waals surface area contributed by atoms with Crippen LogP contribution in [0.1, 0.15) is 63.1 Å². The van der Waals surface area contributed by atoms with E-state index in [0.29, 0.717) is 24.0 Å². The van der Waals surface area contributed by atoms with Gasteiger partial charge in [-0.1, -0.05) is 64.1 Å². The molecule has 0 bridgehead atoms. The Bertz CT molecular complexity index is 3280. The molecular weight excluding hydrogens is 1180 g/mol. The summed E-state index contributed by atoms with van der Waals surface area (Å²) in [6.45, 7) is 0. The zero-order chi connectivity index (χ0) is 57.4. The minimum absolute atomic E-state index is 0.000875. The molecule has 0 spiro atoms. The van der Waals surface area contributed by atoms with Gasteiger partial charge in [0.1, 0.15) is 5.54 Å². The van der Waals surface area contributed by atoms with Gasteiger partial charge in [0, 0.05) is 63.8 Å². The molecule has 29 heteroatoms. The number of carbonyl (C=O) groups is 2. The minimum atomic E-state index is -6.64. The van der Waals surface area contributed by atoms with E-state index in [2.05, 4.69) is 10.6 Å². The molecule has 7 nitrogen and oxygen atoms in total. The van der Waals surface area contributed by atoms with Gasteiger partial charge in [0.2, 0.25) is 0 Å². The standard InChI is InChI=1S/C24H13Cl3F7N3O.C24H14Cl2F10N2O/c25-16-2-1-12(7-15(16)20(38)36-21(11-35)4-5-21)13-3-6-37(10-13)19-17(26)8-14(9-18(19)27)22(28,23(29,30)31)24(32,33)34;25-17-4-3-14(9-15(17)20(39)37-13-1-2-13)38-6-5-11(10-38)19-16(22(28,29)30)7-12(8-18(19)26)21(27,23(31,32)33)24(34,35)36/h1-3,6-10H,4-5H2,(H,36,38);3-10,13H,1-2H2,(H,37,39). The monoisotopic (exact) mass is 1200 g/mol. The third kappa shape index (κ3) is 11.5. The molecule has 8 rings (SSSR count). The predicted octanol–water partition coefficient (Wildman–Crippen LogP) is 16.8. The topological polar surface area (TPSA) is 91.8 Å². The molecule has 2 heterocycles. The molecule has 0 radical (unpaired) electrons. The molecule has 2 amide bonds. The number of aromatic nitrogens is 2. The van der Waals surface area contributed by atoms with Gasteiger partial charge in [0.15, 0.2) is 0 Å². The van der Waals surface area contributed by atoms with Crippen molar-refractivity contribution in [2.75, 3.05) is 0 Å². The molecule has 0 unspecified atom stereocenters. The Morgan fingerprint density at radius 1 is 0.545 bits per heavy atom. The lowest BCUT2D eigenvalue weighted by Crippen LogP contribution is -2.50. The first kappa shape index (κ1) is 58.8. The molecular formula is C48H27Cl5F17N5O2. The Hall–Kier alpha value is -5.87. The van der Waals surface area contributed by atoms with Gasteiger partial charge in [0.25, 0.3) is 11.8 Å². The highest BCUT2D eigenvalue weighted by Crippen LogP contribution is 2.57. The maximum absolute atomic E-state index is 14.5. The highest BCUT2D eigenvalue weighted by molar-refractivity contribution is 6.38. The third-order valence-corrected chi connectivity index (χ3v) is 13.5. The number of hydrogen-bond acceptors (Lipinski definition) is 3. The maximum Gasteiger partial charge on any atom is 0.435 e. The predicted molar refractivity (Wildman–Crippen MR) is 248 cm³/mol. The van der Waals surface area contributed by atoms with Crippen molar-refractivity contribution < 1.29 is 84.2 Å². The van der Waals surface area contributed by atoms with Crippen LogP contribution in [0.4, 0.5) is 74.6 Å². The van der Waals surface area contributed by atoms with Crippen molar-refractivity contribution >= 4 is 69.8 Å². The van der Waals surface area contributed by atoms with Crippen LogP contribution in [0.3, 0.4) is 0 Å². The summed E-state index contributed by atoms with van der Waals surface area (Å²) in [4.78, 5) is 25.1. The summed E-state index contributed by atoms with van der Waals surface area (Å²) >= 11 is 30.0. The van der Waals surface area contributed by atoms with Gasteiger partial charge >= 0.3 is 42.2 Å². The Morgan fingerprint density at radius 2 is 1.01 bits per heavy atom. The first-order valence-electron chi connectivity index (χ1n) is 21.4. The van der Waals surface area contributed by atoms with Gasteiger partial charge in [-0.15, -0.1) is 0 Å². The molecule has 77 heavy (non-hydrogen) atoms. The van der Waals surface area contributed by atoms with Crippen LogP contribution in [0.2, 0.25) is 25.1 Å². The molecule has 2 aliphatic carbocycles. The van der Waals surface area contributed by atoms with Crippen LogP contribution in [0.25, 0.3) is 33.6 Å². The summed E-state index contributed by atoms with van der Waals surface area (Å²) in [7, 11) is 0. The van der Waals surface area contributed by atoms with Crippen LogP contribution in [0, 0.1) is 11.3 Å². The van der Waals surface area contributed by atoms with Crippen LogP contribution in [-0.2, 0) is 17.5 Å². The molecule has 410 valence electrons. The average Bonchev–Trinajstić information content (AvgIpc) is 4.18. The van der Waals surface area contributed by atoms with Gasteiger partial charge in [-0.25, -0.2) is 8.78 Å². The summed E-state index contributed by atoms with van der Waals surface area (Å²) in [6, 6.07) is 12.9. The van der Waals surface area contributed by atoms with Crippen LogP contribution < -0.4 is 10.6 Å². The maximum atomic E-state index is 14.5. The summed E-state index contributed by atoms with van der Waals surface area (Å²) in [5.74, 6) is -1.06. The van der Waals surface area contributed by atoms with E-state index in [0.717, 1.165) is 25.1 Å². The van der Waals surface area contributed by atoms with E-state index in [1.807, 2.05) is 6.07 Å². The van der Waals surface area contributed by atoms with Crippen LogP contribution in [0.5, 0.6) is 0 Å². The Morgan fingerprint density at radius 3 is 1.51 bits per heavy atom. The third-order valence-electron chi connectivity index (χ3n) is 12.0. The van der Waals surface area contributed by atoms with Crippen LogP contribution in [0.15, 0.2) is 97.6 Å². The fourth-order valence-corrected chi connectivity index (χ4v) is 9.03. The van der Waals surface area contributed by atoms with E-state index in [1.165, 1.54) is 64.1 Å². The normalized spacial score (nSPS) is 15.1. The van der Waals surface area contributed by atoms with E-state index in [1.54, 1.807) is 6.07 Å². The Balaban J connectivity index is 0.000000224. The van der Waals surface area contributed by atoms with Gasteiger partial charge in [-0.2, -0.15) is 71.1 Å². The van der Waals surface area contributed by atoms with Gasteiger partial charge in [0.05, 0.1) is 48.5 Å². The molecule has 0 atom stereocenters. The lowest BCUT2D eigenvalue weighted by atomic mass is 9.89. The molecule has 4 aromatic carbocycles. The number of hydrogen-bond donors (Lipinski definition) is 2. The van der Waals surface area contributed by atoms with Crippen molar-refractivity contribution in [1.29, 1.82) is 5.26 Å². The summed E-state index contributed by atoms with van der Waals surface area (Å²) in [5, 5.41) is 12.2. The second kappa shape index (κ2) is 20.4. The number of halogens is 22. The quantitative estimate of drug-likeness (QED) is 0.134. The SMILES string of the molecule is N#CC1(NC(=O)c2cc(-c3ccn(-c4c(Cl)cc(C(F)(C(F)(F)F)C(F)(F)F)cc4Cl)c3)ccc2Cl)CC1.O=C(NC1CC1)c1cc(-n2ccc(-c3c(Cl)cc(C(F)(C(F)(F)F)C(F)(F)F)cc3C(F)(F)F)c2)ccc1Cl. The largest absolute Gasteiger partial charge is 0.435 e. The zero-order valence-corrected chi connectivity index (χ0v) is 41.4. The highest BCUT2D eigenvalue weighted by atomic mass is 35.5.